The maximum Gasteiger partial charge on any atom is 0.310 e. The van der Waals surface area contributed by atoms with Crippen LogP contribution in [0.4, 0.5) is 0 Å². The highest BCUT2D eigenvalue weighted by atomic mass is 16.4. The molecular weight excluding hydrogens is 152 g/mol. The van der Waals surface area contributed by atoms with Crippen molar-refractivity contribution in [3.05, 3.63) is 0 Å². The molecule has 2 nitrogen and oxygen atoms in total. The van der Waals surface area contributed by atoms with Crippen molar-refractivity contribution in [2.75, 3.05) is 0 Å². The molecule has 0 aromatic rings. The van der Waals surface area contributed by atoms with E-state index in [2.05, 4.69) is 0 Å². The smallest absolute Gasteiger partial charge is 0.310 e. The molecule has 0 spiro atoms. The lowest BCUT2D eigenvalue weighted by Crippen LogP contribution is -2.16. The van der Waals surface area contributed by atoms with Gasteiger partial charge in [-0.25, -0.2) is 0 Å². The van der Waals surface area contributed by atoms with E-state index < -0.39 is 5.97 Å². The Balaban J connectivity index is 1.96. The van der Waals surface area contributed by atoms with Crippen molar-refractivity contribution in [3.8, 4) is 0 Å². The van der Waals surface area contributed by atoms with Crippen LogP contribution in [0.3, 0.4) is 0 Å². The molecule has 4 atom stereocenters. The van der Waals surface area contributed by atoms with E-state index in [-0.39, 0.29) is 5.41 Å². The SMILES string of the molecule is O=C(O)C12CCC3CCCC1C32. The van der Waals surface area contributed by atoms with Crippen molar-refractivity contribution in [3.63, 3.8) is 0 Å². The third-order valence-electron chi connectivity index (χ3n) is 4.51. The summed E-state index contributed by atoms with van der Waals surface area (Å²) in [7, 11) is 0. The van der Waals surface area contributed by atoms with E-state index in [0.717, 1.165) is 12.3 Å². The van der Waals surface area contributed by atoms with Crippen LogP contribution in [0.25, 0.3) is 0 Å². The maximum absolute atomic E-state index is 11.1. The third-order valence-corrected chi connectivity index (χ3v) is 4.51. The molecule has 0 radical (unpaired) electrons. The summed E-state index contributed by atoms with van der Waals surface area (Å²) in [6.45, 7) is 0. The highest BCUT2D eigenvalue weighted by molar-refractivity contribution is 5.80. The lowest BCUT2D eigenvalue weighted by Gasteiger charge is -2.19. The van der Waals surface area contributed by atoms with Gasteiger partial charge in [0.15, 0.2) is 0 Å². The summed E-state index contributed by atoms with van der Waals surface area (Å²) >= 11 is 0. The molecule has 0 saturated heterocycles. The molecule has 3 fully saturated rings. The van der Waals surface area contributed by atoms with Gasteiger partial charge in [-0.3, -0.25) is 4.79 Å². The minimum atomic E-state index is -0.498. The number of fused-ring (bicyclic) bond motifs is 1. The molecule has 0 aromatic heterocycles. The molecule has 0 bridgehead atoms. The van der Waals surface area contributed by atoms with Gasteiger partial charge in [-0.15, -0.1) is 0 Å². The van der Waals surface area contributed by atoms with Crippen LogP contribution in [0, 0.1) is 23.2 Å². The first-order valence-corrected chi connectivity index (χ1v) is 5.00. The second-order valence-electron chi connectivity index (χ2n) is 4.71. The Bertz CT molecular complexity index is 248. The van der Waals surface area contributed by atoms with Gasteiger partial charge in [-0.1, -0.05) is 12.8 Å². The second-order valence-corrected chi connectivity index (χ2v) is 4.71. The van der Waals surface area contributed by atoms with Crippen LogP contribution < -0.4 is 0 Å². The Morgan fingerprint density at radius 2 is 2.17 bits per heavy atom. The average Bonchev–Trinajstić information content (AvgIpc) is 2.51. The van der Waals surface area contributed by atoms with Gasteiger partial charge in [-0.2, -0.15) is 0 Å². The zero-order valence-electron chi connectivity index (χ0n) is 7.12. The van der Waals surface area contributed by atoms with Crippen LogP contribution in [0.1, 0.15) is 32.1 Å². The molecule has 12 heavy (non-hydrogen) atoms. The number of aliphatic carboxylic acids is 1. The van der Waals surface area contributed by atoms with Crippen LogP contribution in [-0.4, -0.2) is 11.1 Å². The molecule has 0 aliphatic heterocycles. The van der Waals surface area contributed by atoms with Crippen molar-refractivity contribution in [1.82, 2.24) is 0 Å². The first kappa shape index (κ1) is 6.93. The fraction of sp³-hybridized carbons (Fsp3) is 0.900. The Hall–Kier alpha value is -0.530. The number of carboxylic acids is 1. The first-order valence-electron chi connectivity index (χ1n) is 5.00. The van der Waals surface area contributed by atoms with Gasteiger partial charge in [0.1, 0.15) is 0 Å². The van der Waals surface area contributed by atoms with E-state index in [1.54, 1.807) is 0 Å². The fourth-order valence-corrected chi connectivity index (χ4v) is 4.02. The Kier molecular flexibility index (Phi) is 1.07. The minimum Gasteiger partial charge on any atom is -0.481 e. The van der Waals surface area contributed by atoms with Crippen molar-refractivity contribution in [1.29, 1.82) is 0 Å². The molecule has 1 N–H and O–H groups in total. The van der Waals surface area contributed by atoms with Crippen LogP contribution >= 0.6 is 0 Å². The Morgan fingerprint density at radius 3 is 2.83 bits per heavy atom. The lowest BCUT2D eigenvalue weighted by atomic mass is 9.86. The molecule has 3 rings (SSSR count). The normalized spacial score (nSPS) is 54.8. The third kappa shape index (κ3) is 0.540. The molecule has 0 amide bonds. The molecule has 4 unspecified atom stereocenters. The van der Waals surface area contributed by atoms with Crippen LogP contribution in [0.15, 0.2) is 0 Å². The molecule has 66 valence electrons. The quantitative estimate of drug-likeness (QED) is 0.646. The largest absolute Gasteiger partial charge is 0.481 e. The van der Waals surface area contributed by atoms with E-state index in [0.29, 0.717) is 11.8 Å². The van der Waals surface area contributed by atoms with Gasteiger partial charge >= 0.3 is 5.97 Å². The van der Waals surface area contributed by atoms with E-state index in [1.165, 1.54) is 25.7 Å². The first-order chi connectivity index (χ1) is 5.77. The average molecular weight is 166 g/mol. The summed E-state index contributed by atoms with van der Waals surface area (Å²) in [5, 5.41) is 9.16. The zero-order valence-corrected chi connectivity index (χ0v) is 7.12. The van der Waals surface area contributed by atoms with E-state index in [1.807, 2.05) is 0 Å². The van der Waals surface area contributed by atoms with Crippen molar-refractivity contribution in [2.45, 2.75) is 32.1 Å². The summed E-state index contributed by atoms with van der Waals surface area (Å²) in [6, 6.07) is 0. The fourth-order valence-electron chi connectivity index (χ4n) is 4.02. The van der Waals surface area contributed by atoms with Crippen LogP contribution in [-0.2, 0) is 4.79 Å². The molecular formula is C10H14O2. The predicted molar refractivity (Wildman–Crippen MR) is 43.6 cm³/mol. The van der Waals surface area contributed by atoms with E-state index in [9.17, 15) is 4.79 Å². The standard InChI is InChI=1S/C10H14O2/c11-9(12)10-5-4-6-2-1-3-7(10)8(6)10/h6-8H,1-5H2,(H,11,12). The van der Waals surface area contributed by atoms with Crippen molar-refractivity contribution < 1.29 is 9.90 Å². The summed E-state index contributed by atoms with van der Waals surface area (Å²) in [5.74, 6) is 1.44. The molecule has 0 aromatic carbocycles. The van der Waals surface area contributed by atoms with Gasteiger partial charge < -0.3 is 5.11 Å². The lowest BCUT2D eigenvalue weighted by molar-refractivity contribution is -0.144. The predicted octanol–water partition coefficient (Wildman–Crippen LogP) is 1.90. The van der Waals surface area contributed by atoms with Crippen LogP contribution in [0.2, 0.25) is 0 Å². The number of hydrogen-bond acceptors (Lipinski definition) is 1. The van der Waals surface area contributed by atoms with Crippen molar-refractivity contribution >= 4 is 5.97 Å². The Labute approximate surface area is 72.0 Å². The number of hydrogen-bond donors (Lipinski definition) is 1. The summed E-state index contributed by atoms with van der Waals surface area (Å²) in [4.78, 5) is 11.1. The topological polar surface area (TPSA) is 37.3 Å². The zero-order chi connectivity index (χ0) is 8.34. The minimum absolute atomic E-state index is 0.221. The number of carboxylic acid groups (broad SMARTS) is 1. The summed E-state index contributed by atoms with van der Waals surface area (Å²) in [6.07, 6.45) is 5.93. The van der Waals surface area contributed by atoms with Crippen molar-refractivity contribution in [2.24, 2.45) is 23.2 Å². The molecule has 2 heteroatoms. The van der Waals surface area contributed by atoms with Gasteiger partial charge in [-0.05, 0) is 37.0 Å². The van der Waals surface area contributed by atoms with Gasteiger partial charge in [0.25, 0.3) is 0 Å². The second kappa shape index (κ2) is 1.86. The highest BCUT2D eigenvalue weighted by Gasteiger charge is 2.74. The molecule has 3 aliphatic carbocycles. The van der Waals surface area contributed by atoms with Gasteiger partial charge in [0, 0.05) is 0 Å². The monoisotopic (exact) mass is 166 g/mol. The Morgan fingerprint density at radius 1 is 1.33 bits per heavy atom. The van der Waals surface area contributed by atoms with Gasteiger partial charge in [0.05, 0.1) is 5.41 Å². The molecule has 3 saturated carbocycles. The molecule has 0 heterocycles. The van der Waals surface area contributed by atoms with E-state index in [4.69, 9.17) is 5.11 Å². The maximum atomic E-state index is 11.1. The van der Waals surface area contributed by atoms with E-state index >= 15 is 0 Å². The van der Waals surface area contributed by atoms with Gasteiger partial charge in [0.2, 0.25) is 0 Å². The summed E-state index contributed by atoms with van der Waals surface area (Å²) < 4.78 is 0. The van der Waals surface area contributed by atoms with Crippen LogP contribution in [0.5, 0.6) is 0 Å². The summed E-state index contributed by atoms with van der Waals surface area (Å²) in [5.41, 5.74) is -0.221. The number of rotatable bonds is 1. The number of carbonyl (C=O) groups is 1. The molecule has 3 aliphatic rings. The highest BCUT2D eigenvalue weighted by Crippen LogP contribution is 2.74.